The van der Waals surface area contributed by atoms with Gasteiger partial charge < -0.3 is 57.6 Å². The first kappa shape index (κ1) is 46.7. The average Bonchev–Trinajstić information content (AvgIpc) is 3.64. The van der Waals surface area contributed by atoms with Crippen LogP contribution < -0.4 is 113 Å². The second kappa shape index (κ2) is 43.2. The van der Waals surface area contributed by atoms with Gasteiger partial charge in [0, 0.05) is 39.6 Å². The molecule has 0 unspecified atom stereocenters. The molecule has 2 aliphatic rings. The van der Waals surface area contributed by atoms with E-state index in [-0.39, 0.29) is 137 Å². The van der Waals surface area contributed by atoms with Crippen molar-refractivity contribution in [2.24, 2.45) is 0 Å². The maximum absolute atomic E-state index is 10.5. The van der Waals surface area contributed by atoms with Crippen LogP contribution in [-0.2, 0) is 47.4 Å². The molecule has 0 aromatic rings. The van der Waals surface area contributed by atoms with Crippen LogP contribution in [0.15, 0.2) is 0 Å². The summed E-state index contributed by atoms with van der Waals surface area (Å²) in [6, 6.07) is 0. The zero-order chi connectivity index (χ0) is 26.2. The summed E-state index contributed by atoms with van der Waals surface area (Å²) < 4.78 is 49.3. The van der Waals surface area contributed by atoms with E-state index in [0.29, 0.717) is 32.8 Å². The van der Waals surface area contributed by atoms with Gasteiger partial charge in [-0.15, -0.1) is 6.61 Å². The molecule has 2 aliphatic heterocycles. The summed E-state index contributed by atoms with van der Waals surface area (Å²) >= 11 is 0. The van der Waals surface area contributed by atoms with Crippen molar-refractivity contribution in [3.05, 3.63) is 0 Å². The first-order chi connectivity index (χ1) is 17.2. The standard InChI is InChI=1S/C9H19O5.C8H17O5.C4H8O.C2H4O.2K/c1-3-11-7-13-9(5-6-10)14-8-12-4-2;1-3-10-6-12-8(5-9)13-7-11-4-2;1-2-4-5-3-1;1-2-3-1;;/h9H,3-8H2,1-2H3;8H,3-7H2,1-2H3;1-4H2;1-2H2;;/q2*-1;;;2*+1. The predicted octanol–water partition coefficient (Wildman–Crippen LogP) is -5.40. The molecule has 0 radical (unpaired) electrons. The van der Waals surface area contributed by atoms with Gasteiger partial charge in [-0.3, -0.25) is 0 Å². The van der Waals surface area contributed by atoms with E-state index < -0.39 is 19.2 Å². The van der Waals surface area contributed by atoms with E-state index in [1.807, 2.05) is 27.7 Å². The van der Waals surface area contributed by atoms with Gasteiger partial charge in [0.1, 0.15) is 33.5 Å². The molecule has 2 fully saturated rings. The Balaban J connectivity index is -0.000000216. The van der Waals surface area contributed by atoms with Crippen molar-refractivity contribution in [1.82, 2.24) is 0 Å². The van der Waals surface area contributed by atoms with Gasteiger partial charge in [-0.05, 0) is 47.0 Å². The Morgan fingerprint density at radius 3 is 1.14 bits per heavy atom. The van der Waals surface area contributed by atoms with Crippen LogP contribution in [0.25, 0.3) is 0 Å². The molecule has 0 saturated carbocycles. The smallest absolute Gasteiger partial charge is 0.854 e. The van der Waals surface area contributed by atoms with Crippen molar-refractivity contribution >= 4 is 0 Å². The van der Waals surface area contributed by atoms with Crippen molar-refractivity contribution in [2.45, 2.75) is 59.5 Å². The molecule has 0 aromatic carbocycles. The first-order valence-corrected chi connectivity index (χ1v) is 12.3. The number of hydrogen-bond acceptors (Lipinski definition) is 12. The molecule has 12 nitrogen and oxygen atoms in total. The predicted molar refractivity (Wildman–Crippen MR) is 123 cm³/mol. The maximum atomic E-state index is 10.5. The van der Waals surface area contributed by atoms with E-state index in [0.717, 1.165) is 26.4 Å². The SMILES string of the molecule is C1CCOC1.C1CO1.CCOCOC(CC[O-])OCOCC.CCOCOC(C[O-])OCOCC.[K+].[K+]. The molecule has 0 amide bonds. The third kappa shape index (κ3) is 46.0. The van der Waals surface area contributed by atoms with E-state index in [4.69, 9.17) is 42.6 Å². The molecule has 0 atom stereocenters. The van der Waals surface area contributed by atoms with Gasteiger partial charge in [0.05, 0.1) is 13.2 Å². The Morgan fingerprint density at radius 2 is 0.919 bits per heavy atom. The monoisotopic (exact) mass is 594 g/mol. The quantitative estimate of drug-likeness (QED) is 0.0610. The molecular formula is C23H48K2O12. The van der Waals surface area contributed by atoms with Crippen LogP contribution in [0.4, 0.5) is 0 Å². The maximum Gasteiger partial charge on any atom is 1.00 e. The van der Waals surface area contributed by atoms with Crippen LogP contribution >= 0.6 is 0 Å². The normalized spacial score (nSPS) is 13.3. The minimum atomic E-state index is -0.780. The summed E-state index contributed by atoms with van der Waals surface area (Å²) in [5.41, 5.74) is 0. The Bertz CT molecular complexity index is 340. The van der Waals surface area contributed by atoms with E-state index in [2.05, 4.69) is 4.74 Å². The fourth-order valence-electron chi connectivity index (χ4n) is 1.79. The van der Waals surface area contributed by atoms with Crippen LogP contribution in [-0.4, -0.2) is 106 Å². The Hall–Kier alpha value is 2.79. The summed E-state index contributed by atoms with van der Waals surface area (Å²) in [6.07, 6.45) is 1.56. The van der Waals surface area contributed by atoms with Gasteiger partial charge in [-0.25, -0.2) is 0 Å². The van der Waals surface area contributed by atoms with E-state index >= 15 is 0 Å². The summed E-state index contributed by atoms with van der Waals surface area (Å²) in [5.74, 6) is 0. The van der Waals surface area contributed by atoms with Crippen LogP contribution in [0, 0.1) is 0 Å². The van der Waals surface area contributed by atoms with Gasteiger partial charge in [-0.1, -0.05) is 6.61 Å². The van der Waals surface area contributed by atoms with Gasteiger partial charge in [0.15, 0.2) is 6.29 Å². The molecule has 37 heavy (non-hydrogen) atoms. The summed E-state index contributed by atoms with van der Waals surface area (Å²) in [7, 11) is 0. The van der Waals surface area contributed by atoms with Crippen molar-refractivity contribution in [2.75, 3.05) is 93.2 Å². The molecule has 2 rings (SSSR count). The third-order valence-electron chi connectivity index (χ3n) is 3.69. The Labute approximate surface area is 308 Å². The molecule has 14 heteroatoms. The largest absolute Gasteiger partial charge is 1.00 e. The zero-order valence-electron chi connectivity index (χ0n) is 24.1. The topological polar surface area (TPSA) is 142 Å². The van der Waals surface area contributed by atoms with Crippen LogP contribution in [0.2, 0.25) is 0 Å². The molecule has 2 heterocycles. The van der Waals surface area contributed by atoms with Crippen molar-refractivity contribution < 1.29 is 160 Å². The first-order valence-electron chi connectivity index (χ1n) is 12.3. The van der Waals surface area contributed by atoms with Gasteiger partial charge in [-0.2, -0.15) is 0 Å². The Kier molecular flexibility index (Phi) is 54.6. The second-order valence-electron chi connectivity index (χ2n) is 6.56. The molecule has 0 bridgehead atoms. The minimum absolute atomic E-state index is 0. The summed E-state index contributed by atoms with van der Waals surface area (Å²) in [4.78, 5) is 0. The summed E-state index contributed by atoms with van der Waals surface area (Å²) in [5, 5.41) is 20.8. The molecule has 0 spiro atoms. The van der Waals surface area contributed by atoms with Crippen LogP contribution in [0.3, 0.4) is 0 Å². The van der Waals surface area contributed by atoms with Crippen LogP contribution in [0.1, 0.15) is 47.0 Å². The molecule has 0 aromatic heterocycles. The summed E-state index contributed by atoms with van der Waals surface area (Å²) in [6.45, 7) is 13.4. The molecule has 0 N–H and O–H groups in total. The van der Waals surface area contributed by atoms with E-state index in [9.17, 15) is 10.2 Å². The molecular weight excluding hydrogens is 546 g/mol. The third-order valence-corrected chi connectivity index (χ3v) is 3.69. The number of rotatable bonds is 19. The van der Waals surface area contributed by atoms with Crippen molar-refractivity contribution in [1.29, 1.82) is 0 Å². The number of epoxide rings is 1. The molecule has 2 saturated heterocycles. The molecule has 0 aliphatic carbocycles. The minimum Gasteiger partial charge on any atom is -0.854 e. The van der Waals surface area contributed by atoms with E-state index in [1.165, 1.54) is 12.8 Å². The number of hydrogen-bond donors (Lipinski definition) is 0. The van der Waals surface area contributed by atoms with Crippen molar-refractivity contribution in [3.8, 4) is 0 Å². The van der Waals surface area contributed by atoms with Crippen LogP contribution in [0.5, 0.6) is 0 Å². The van der Waals surface area contributed by atoms with Gasteiger partial charge >= 0.3 is 103 Å². The average molecular weight is 595 g/mol. The zero-order valence-corrected chi connectivity index (χ0v) is 30.3. The second-order valence-corrected chi connectivity index (χ2v) is 6.56. The van der Waals surface area contributed by atoms with E-state index in [1.54, 1.807) is 0 Å². The fraction of sp³-hybridized carbons (Fsp3) is 1.00. The van der Waals surface area contributed by atoms with Gasteiger partial charge in [0.2, 0.25) is 0 Å². The van der Waals surface area contributed by atoms with Crippen molar-refractivity contribution in [3.63, 3.8) is 0 Å². The Morgan fingerprint density at radius 1 is 0.568 bits per heavy atom. The van der Waals surface area contributed by atoms with Gasteiger partial charge in [0.25, 0.3) is 0 Å². The number of ether oxygens (including phenoxy) is 10. The molecule has 214 valence electrons. The fourth-order valence-corrected chi connectivity index (χ4v) is 1.79.